The zero-order valence-electron chi connectivity index (χ0n) is 18.1. The van der Waals surface area contributed by atoms with Crippen LogP contribution in [0.25, 0.3) is 0 Å². The smallest absolute Gasteiger partial charge is 0.236 e. The van der Waals surface area contributed by atoms with Gasteiger partial charge in [-0.05, 0) is 42.0 Å². The van der Waals surface area contributed by atoms with Crippen LogP contribution in [0.15, 0.2) is 35.7 Å². The molecule has 1 amide bonds. The Morgan fingerprint density at radius 3 is 2.40 bits per heavy atom. The summed E-state index contributed by atoms with van der Waals surface area (Å²) < 4.78 is 14.4. The topological polar surface area (TPSA) is 52.7 Å². The van der Waals surface area contributed by atoms with Gasteiger partial charge in [0.1, 0.15) is 5.82 Å². The van der Waals surface area contributed by atoms with Gasteiger partial charge in [0.15, 0.2) is 5.78 Å². The second-order valence-corrected chi connectivity index (χ2v) is 9.76. The van der Waals surface area contributed by atoms with Gasteiger partial charge in [0.25, 0.3) is 0 Å². The van der Waals surface area contributed by atoms with Crippen LogP contribution >= 0.6 is 11.3 Å². The quantitative estimate of drug-likeness (QED) is 0.700. The number of carbonyl (C=O) groups is 2. The highest BCUT2D eigenvalue weighted by Crippen LogP contribution is 2.35. The molecule has 1 aromatic carbocycles. The maximum atomic E-state index is 14.4. The standard InChI is InChI=1S/C23H30FN3O2S/c1-16(28)17-7-8-19(18(24)14-17)26-9-11-27(12-10-26)21(29)15-25-22(23(2,3)4)20-6-5-13-30-20/h5-8,13-14,22,25H,9-12,15H2,1-4H3. The molecular formula is C23H30FN3O2S. The maximum Gasteiger partial charge on any atom is 0.236 e. The van der Waals surface area contributed by atoms with Gasteiger partial charge < -0.3 is 15.1 Å². The molecule has 1 atom stereocenters. The lowest BCUT2D eigenvalue weighted by Crippen LogP contribution is -2.51. The van der Waals surface area contributed by atoms with Gasteiger partial charge in [-0.3, -0.25) is 9.59 Å². The van der Waals surface area contributed by atoms with Crippen molar-refractivity contribution < 1.29 is 14.0 Å². The Morgan fingerprint density at radius 2 is 1.87 bits per heavy atom. The molecule has 5 nitrogen and oxygen atoms in total. The van der Waals surface area contributed by atoms with E-state index in [0.29, 0.717) is 37.4 Å². The first kappa shape index (κ1) is 22.4. The highest BCUT2D eigenvalue weighted by molar-refractivity contribution is 7.10. The Morgan fingerprint density at radius 1 is 1.17 bits per heavy atom. The third-order valence-corrected chi connectivity index (χ3v) is 6.42. The zero-order chi connectivity index (χ0) is 21.9. The first-order valence-electron chi connectivity index (χ1n) is 10.3. The molecule has 1 N–H and O–H groups in total. The molecule has 0 radical (unpaired) electrons. The summed E-state index contributed by atoms with van der Waals surface area (Å²) >= 11 is 1.70. The van der Waals surface area contributed by atoms with Crippen LogP contribution in [0, 0.1) is 11.2 Å². The number of benzene rings is 1. The monoisotopic (exact) mass is 431 g/mol. The summed E-state index contributed by atoms with van der Waals surface area (Å²) in [5, 5.41) is 5.50. The number of rotatable bonds is 6. The molecule has 3 rings (SSSR count). The number of hydrogen-bond acceptors (Lipinski definition) is 5. The fourth-order valence-electron chi connectivity index (χ4n) is 3.77. The molecule has 1 aliphatic heterocycles. The van der Waals surface area contributed by atoms with Crippen LogP contribution in [0.3, 0.4) is 0 Å². The largest absolute Gasteiger partial charge is 0.366 e. The third kappa shape index (κ3) is 5.26. The predicted octanol–water partition coefficient (Wildman–Crippen LogP) is 4.12. The zero-order valence-corrected chi connectivity index (χ0v) is 18.9. The van der Waals surface area contributed by atoms with E-state index in [1.165, 1.54) is 17.9 Å². The molecule has 30 heavy (non-hydrogen) atoms. The number of nitrogens with one attached hydrogen (secondary N) is 1. The average Bonchev–Trinajstić information content (AvgIpc) is 3.21. The highest BCUT2D eigenvalue weighted by Gasteiger charge is 2.29. The van der Waals surface area contributed by atoms with E-state index in [9.17, 15) is 14.0 Å². The number of ketones is 1. The SMILES string of the molecule is CC(=O)c1ccc(N2CCN(C(=O)CNC(c3cccs3)C(C)(C)C)CC2)c(F)c1. The maximum absolute atomic E-state index is 14.4. The van der Waals surface area contributed by atoms with Gasteiger partial charge in [-0.25, -0.2) is 4.39 Å². The molecule has 1 aromatic heterocycles. The van der Waals surface area contributed by atoms with E-state index < -0.39 is 5.82 Å². The Balaban J connectivity index is 1.56. The Kier molecular flexibility index (Phi) is 6.93. The minimum atomic E-state index is -0.395. The van der Waals surface area contributed by atoms with Crippen molar-refractivity contribution in [1.29, 1.82) is 0 Å². The van der Waals surface area contributed by atoms with E-state index >= 15 is 0 Å². The Labute approximate surface area is 181 Å². The average molecular weight is 432 g/mol. The van der Waals surface area contributed by atoms with Crippen LogP contribution in [0.1, 0.15) is 49.0 Å². The number of Topliss-reactive ketones (excluding diaryl/α,β-unsaturated/α-hetero) is 1. The normalized spacial score (nSPS) is 15.9. The van der Waals surface area contributed by atoms with E-state index in [4.69, 9.17) is 0 Å². The summed E-state index contributed by atoms with van der Waals surface area (Å²) in [5.74, 6) is -0.486. The van der Waals surface area contributed by atoms with Crippen LogP contribution in [0.2, 0.25) is 0 Å². The molecule has 2 heterocycles. The fourth-order valence-corrected chi connectivity index (χ4v) is 4.81. The number of halogens is 1. The van der Waals surface area contributed by atoms with Gasteiger partial charge in [0.05, 0.1) is 12.2 Å². The minimum absolute atomic E-state index is 0.00656. The third-order valence-electron chi connectivity index (χ3n) is 5.48. The lowest BCUT2D eigenvalue weighted by molar-refractivity contribution is -0.130. The Hall–Kier alpha value is -2.25. The summed E-state index contributed by atoms with van der Waals surface area (Å²) in [5.41, 5.74) is 0.846. The van der Waals surface area contributed by atoms with Crippen molar-refractivity contribution in [3.05, 3.63) is 52.0 Å². The van der Waals surface area contributed by atoms with E-state index in [2.05, 4.69) is 37.5 Å². The predicted molar refractivity (Wildman–Crippen MR) is 120 cm³/mol. The number of carbonyl (C=O) groups excluding carboxylic acids is 2. The van der Waals surface area contributed by atoms with Crippen LogP contribution in [-0.4, -0.2) is 49.3 Å². The number of thiophene rings is 1. The van der Waals surface area contributed by atoms with Crippen molar-refractivity contribution >= 4 is 28.7 Å². The summed E-state index contributed by atoms with van der Waals surface area (Å²) in [6.07, 6.45) is 0. The van der Waals surface area contributed by atoms with Gasteiger partial charge in [-0.15, -0.1) is 11.3 Å². The molecule has 162 valence electrons. The summed E-state index contributed by atoms with van der Waals surface area (Å²) in [7, 11) is 0. The van der Waals surface area contributed by atoms with Gasteiger partial charge in [0, 0.05) is 42.7 Å². The van der Waals surface area contributed by atoms with E-state index in [1.807, 2.05) is 15.9 Å². The van der Waals surface area contributed by atoms with Crippen molar-refractivity contribution in [3.8, 4) is 0 Å². The summed E-state index contributed by atoms with van der Waals surface area (Å²) in [4.78, 5) is 29.2. The molecule has 0 spiro atoms. The molecule has 0 bridgehead atoms. The van der Waals surface area contributed by atoms with Gasteiger partial charge in [-0.2, -0.15) is 0 Å². The number of anilines is 1. The van der Waals surface area contributed by atoms with Crippen LogP contribution < -0.4 is 10.2 Å². The minimum Gasteiger partial charge on any atom is -0.366 e. The van der Waals surface area contributed by atoms with Crippen LogP contribution in [-0.2, 0) is 4.79 Å². The van der Waals surface area contributed by atoms with Gasteiger partial charge in [0.2, 0.25) is 5.91 Å². The van der Waals surface area contributed by atoms with E-state index in [0.717, 1.165) is 0 Å². The highest BCUT2D eigenvalue weighted by atomic mass is 32.1. The molecule has 2 aromatic rings. The molecule has 1 saturated heterocycles. The molecule has 7 heteroatoms. The van der Waals surface area contributed by atoms with Crippen molar-refractivity contribution in [3.63, 3.8) is 0 Å². The lowest BCUT2D eigenvalue weighted by atomic mass is 9.86. The molecule has 1 aliphatic rings. The van der Waals surface area contributed by atoms with Crippen molar-refractivity contribution in [2.24, 2.45) is 5.41 Å². The molecule has 0 saturated carbocycles. The number of amides is 1. The lowest BCUT2D eigenvalue weighted by Gasteiger charge is -2.37. The first-order chi connectivity index (χ1) is 14.2. The molecule has 1 fully saturated rings. The fraction of sp³-hybridized carbons (Fsp3) is 0.478. The second-order valence-electron chi connectivity index (χ2n) is 8.79. The second kappa shape index (κ2) is 9.27. The first-order valence-corrected chi connectivity index (χ1v) is 11.1. The Bertz CT molecular complexity index is 884. The van der Waals surface area contributed by atoms with E-state index in [1.54, 1.807) is 23.5 Å². The number of hydrogen-bond donors (Lipinski definition) is 1. The summed E-state index contributed by atoms with van der Waals surface area (Å²) in [6.45, 7) is 10.4. The van der Waals surface area contributed by atoms with Gasteiger partial charge >= 0.3 is 0 Å². The van der Waals surface area contributed by atoms with E-state index in [-0.39, 0.29) is 29.7 Å². The number of piperazine rings is 1. The van der Waals surface area contributed by atoms with Gasteiger partial charge in [-0.1, -0.05) is 26.8 Å². The van der Waals surface area contributed by atoms with Crippen molar-refractivity contribution in [1.82, 2.24) is 10.2 Å². The van der Waals surface area contributed by atoms with Crippen LogP contribution in [0.5, 0.6) is 0 Å². The molecular weight excluding hydrogens is 401 g/mol. The molecule has 1 unspecified atom stereocenters. The van der Waals surface area contributed by atoms with Crippen molar-refractivity contribution in [2.45, 2.75) is 33.7 Å². The number of nitrogens with zero attached hydrogens (tertiary/aromatic N) is 2. The van der Waals surface area contributed by atoms with Crippen molar-refractivity contribution in [2.75, 3.05) is 37.6 Å². The summed E-state index contributed by atoms with van der Waals surface area (Å²) in [6, 6.07) is 8.83. The molecule has 0 aliphatic carbocycles. The van der Waals surface area contributed by atoms with Crippen LogP contribution in [0.4, 0.5) is 10.1 Å².